The Hall–Kier alpha value is -2.27. The number of hydrogen-bond acceptors (Lipinski definition) is 8. The lowest BCUT2D eigenvalue weighted by molar-refractivity contribution is 0.00428. The fourth-order valence-electron chi connectivity index (χ4n) is 5.93. The van der Waals surface area contributed by atoms with E-state index < -0.39 is 26.4 Å². The molecule has 12 heteroatoms. The molecule has 4 atom stereocenters. The standard InChI is InChI=1S/C24H31ClFN5O4S/c1-6-12-10-14-16-18(17(26)20(25)27-14)28-22(36(33,34)7-2)29-21(16)30-11-13-8-9-15(19(12)30)31(13)23(32)35-24(3,4)5/h12-13,15,19H,6-11H2,1-5H3/t12-,13+,15-,19-/m0/s1. The average Bonchev–Trinajstić information content (AvgIpc) is 3.05. The molecule has 1 amide bonds. The lowest BCUT2D eigenvalue weighted by Gasteiger charge is -2.49. The number of nitrogens with zero attached hydrogens (tertiary/aromatic N) is 5. The van der Waals surface area contributed by atoms with Gasteiger partial charge in [0.05, 0.1) is 35.0 Å². The van der Waals surface area contributed by atoms with Crippen LogP contribution in [-0.4, -0.2) is 70.4 Å². The van der Waals surface area contributed by atoms with E-state index in [1.165, 1.54) is 6.92 Å². The molecule has 0 aromatic carbocycles. The van der Waals surface area contributed by atoms with E-state index in [2.05, 4.69) is 26.8 Å². The summed E-state index contributed by atoms with van der Waals surface area (Å²) in [5.41, 5.74) is -0.204. The molecular formula is C24H31ClFN5O4S. The summed E-state index contributed by atoms with van der Waals surface area (Å²) in [5, 5.41) is -0.359. The highest BCUT2D eigenvalue weighted by Gasteiger charge is 2.53. The zero-order valence-corrected chi connectivity index (χ0v) is 22.7. The van der Waals surface area contributed by atoms with E-state index >= 15 is 4.39 Å². The van der Waals surface area contributed by atoms with Gasteiger partial charge in [-0.1, -0.05) is 31.9 Å². The first kappa shape index (κ1) is 25.4. The summed E-state index contributed by atoms with van der Waals surface area (Å²) >= 11 is 6.16. The molecule has 196 valence electrons. The highest BCUT2D eigenvalue weighted by Crippen LogP contribution is 2.46. The van der Waals surface area contributed by atoms with Gasteiger partial charge in [0.15, 0.2) is 11.0 Å². The molecule has 0 saturated carbocycles. The predicted octanol–water partition coefficient (Wildman–Crippen LogP) is 4.15. The number of anilines is 1. The van der Waals surface area contributed by atoms with Crippen LogP contribution in [-0.2, 0) is 21.0 Å². The summed E-state index contributed by atoms with van der Waals surface area (Å²) in [5.74, 6) is -0.680. The van der Waals surface area contributed by atoms with Crippen molar-refractivity contribution in [2.75, 3.05) is 17.2 Å². The highest BCUT2D eigenvalue weighted by molar-refractivity contribution is 7.91. The van der Waals surface area contributed by atoms with E-state index in [0.29, 0.717) is 29.9 Å². The Balaban J connectivity index is 1.71. The number of fused-ring (bicyclic) bond motifs is 5. The van der Waals surface area contributed by atoms with Crippen molar-refractivity contribution in [1.82, 2.24) is 19.9 Å². The van der Waals surface area contributed by atoms with Crippen molar-refractivity contribution in [3.63, 3.8) is 0 Å². The maximum atomic E-state index is 15.3. The van der Waals surface area contributed by atoms with Crippen LogP contribution >= 0.6 is 11.6 Å². The van der Waals surface area contributed by atoms with Gasteiger partial charge in [-0.15, -0.1) is 0 Å². The first-order chi connectivity index (χ1) is 16.9. The van der Waals surface area contributed by atoms with Gasteiger partial charge in [0.25, 0.3) is 0 Å². The maximum absolute atomic E-state index is 15.3. The topological polar surface area (TPSA) is 106 Å². The molecule has 5 heterocycles. The monoisotopic (exact) mass is 539 g/mol. The van der Waals surface area contributed by atoms with Gasteiger partial charge >= 0.3 is 6.09 Å². The predicted molar refractivity (Wildman–Crippen MR) is 134 cm³/mol. The van der Waals surface area contributed by atoms with Crippen molar-refractivity contribution in [2.45, 2.75) is 89.2 Å². The number of halogens is 2. The molecule has 0 spiro atoms. The van der Waals surface area contributed by atoms with Gasteiger partial charge in [0, 0.05) is 6.54 Å². The number of aromatic nitrogens is 3. The second kappa shape index (κ2) is 8.65. The fraction of sp³-hybridized carbons (Fsp3) is 0.667. The lowest BCUT2D eigenvalue weighted by atomic mass is 9.85. The number of piperazine rings is 1. The molecular weight excluding hydrogens is 509 g/mol. The van der Waals surface area contributed by atoms with Gasteiger partial charge < -0.3 is 9.64 Å². The molecule has 0 unspecified atom stereocenters. The molecule has 3 aliphatic rings. The van der Waals surface area contributed by atoms with Crippen molar-refractivity contribution in [2.24, 2.45) is 5.92 Å². The first-order valence-electron chi connectivity index (χ1n) is 12.4. The number of rotatable bonds is 3. The lowest BCUT2D eigenvalue weighted by Crippen LogP contribution is -2.64. The Labute approximate surface area is 215 Å². The molecule has 3 aliphatic heterocycles. The molecule has 2 bridgehead atoms. The van der Waals surface area contributed by atoms with Gasteiger partial charge in [-0.05, 0) is 46.0 Å². The molecule has 0 radical (unpaired) electrons. The number of sulfone groups is 1. The first-order valence-corrected chi connectivity index (χ1v) is 14.5. The van der Waals surface area contributed by atoms with E-state index in [-0.39, 0.29) is 46.6 Å². The van der Waals surface area contributed by atoms with Crippen LogP contribution < -0.4 is 4.90 Å². The quantitative estimate of drug-likeness (QED) is 0.423. The summed E-state index contributed by atoms with van der Waals surface area (Å²) in [6.45, 7) is 9.53. The van der Waals surface area contributed by atoms with Crippen LogP contribution in [0.25, 0.3) is 10.9 Å². The van der Waals surface area contributed by atoms with Crippen molar-refractivity contribution in [3.05, 3.63) is 16.7 Å². The van der Waals surface area contributed by atoms with Crippen LogP contribution in [0.4, 0.5) is 15.0 Å². The minimum absolute atomic E-state index is 0.0386. The van der Waals surface area contributed by atoms with Crippen LogP contribution in [0.15, 0.2) is 5.16 Å². The summed E-state index contributed by atoms with van der Waals surface area (Å²) < 4.78 is 46.6. The molecule has 2 aromatic heterocycles. The number of ether oxygens (including phenoxy) is 1. The molecule has 2 fully saturated rings. The third-order valence-corrected chi connectivity index (χ3v) is 9.23. The number of amides is 1. The van der Waals surface area contributed by atoms with Gasteiger partial charge in [0.1, 0.15) is 16.9 Å². The minimum Gasteiger partial charge on any atom is -0.444 e. The summed E-state index contributed by atoms with van der Waals surface area (Å²) in [4.78, 5) is 30.2. The summed E-state index contributed by atoms with van der Waals surface area (Å²) in [6, 6.07) is -0.469. The second-order valence-corrected chi connectivity index (χ2v) is 13.4. The van der Waals surface area contributed by atoms with Crippen LogP contribution in [0.3, 0.4) is 0 Å². The Morgan fingerprint density at radius 3 is 2.56 bits per heavy atom. The van der Waals surface area contributed by atoms with Crippen LogP contribution in [0.1, 0.15) is 59.6 Å². The molecule has 2 aromatic rings. The van der Waals surface area contributed by atoms with Gasteiger partial charge in [-0.2, -0.15) is 0 Å². The molecule has 9 nitrogen and oxygen atoms in total. The Kier molecular flexibility index (Phi) is 6.10. The molecule has 36 heavy (non-hydrogen) atoms. The van der Waals surface area contributed by atoms with Crippen molar-refractivity contribution in [3.8, 4) is 0 Å². The van der Waals surface area contributed by atoms with Crippen molar-refractivity contribution < 1.29 is 22.3 Å². The van der Waals surface area contributed by atoms with E-state index in [1.807, 2.05) is 25.7 Å². The smallest absolute Gasteiger partial charge is 0.410 e. The van der Waals surface area contributed by atoms with Crippen LogP contribution in [0.5, 0.6) is 0 Å². The Morgan fingerprint density at radius 2 is 1.92 bits per heavy atom. The third kappa shape index (κ3) is 3.98. The molecule has 0 aliphatic carbocycles. The normalized spacial score (nSPS) is 25.6. The molecule has 5 rings (SSSR count). The average molecular weight is 540 g/mol. The zero-order chi connectivity index (χ0) is 26.2. The largest absolute Gasteiger partial charge is 0.444 e. The van der Waals surface area contributed by atoms with E-state index in [0.717, 1.165) is 19.3 Å². The van der Waals surface area contributed by atoms with Crippen LogP contribution in [0, 0.1) is 11.7 Å². The van der Waals surface area contributed by atoms with E-state index in [9.17, 15) is 13.2 Å². The van der Waals surface area contributed by atoms with E-state index in [1.54, 1.807) is 0 Å². The third-order valence-electron chi connectivity index (χ3n) is 7.49. The number of carbonyl (C=O) groups excluding carboxylic acids is 1. The Morgan fingerprint density at radius 1 is 1.19 bits per heavy atom. The van der Waals surface area contributed by atoms with Gasteiger partial charge in [-0.25, -0.2) is 32.6 Å². The maximum Gasteiger partial charge on any atom is 0.410 e. The second-order valence-electron chi connectivity index (χ2n) is 10.8. The molecule has 0 N–H and O–H groups in total. The van der Waals surface area contributed by atoms with Gasteiger partial charge in [0.2, 0.25) is 15.0 Å². The number of hydrogen-bond donors (Lipinski definition) is 0. The van der Waals surface area contributed by atoms with Crippen molar-refractivity contribution >= 4 is 44.3 Å². The number of carbonyl (C=O) groups is 1. The summed E-state index contributed by atoms with van der Waals surface area (Å²) in [6.07, 6.45) is 2.48. The minimum atomic E-state index is -3.83. The fourth-order valence-corrected chi connectivity index (χ4v) is 6.84. The van der Waals surface area contributed by atoms with Crippen molar-refractivity contribution in [1.29, 1.82) is 0 Å². The van der Waals surface area contributed by atoms with E-state index in [4.69, 9.17) is 16.3 Å². The number of pyridine rings is 1. The Bertz CT molecular complexity index is 1350. The highest BCUT2D eigenvalue weighted by atomic mass is 35.5. The van der Waals surface area contributed by atoms with Crippen LogP contribution in [0.2, 0.25) is 5.15 Å². The molecule has 2 saturated heterocycles. The zero-order valence-electron chi connectivity index (χ0n) is 21.1. The van der Waals surface area contributed by atoms with Gasteiger partial charge in [-0.3, -0.25) is 4.90 Å². The SMILES string of the molecule is CC[C@H]1Cc2nc(Cl)c(F)c3nc(S(=O)(=O)CC)nc(c23)N2C[C@H]3CC[C@@H]([C@H]12)N3C(=O)OC(C)(C)C. The summed E-state index contributed by atoms with van der Waals surface area (Å²) in [7, 11) is -3.83.